The topological polar surface area (TPSA) is 15.3 Å². The number of hydrogen-bond acceptors (Lipinski definition) is 2. The Morgan fingerprint density at radius 2 is 1.95 bits per heavy atom. The van der Waals surface area contributed by atoms with E-state index >= 15 is 0 Å². The summed E-state index contributed by atoms with van der Waals surface area (Å²) in [5.74, 6) is -0.0962. The fraction of sp³-hybridized carbons (Fsp3) is 0.647. The third-order valence-corrected chi connectivity index (χ3v) is 4.25. The molecule has 0 atom stereocenters. The van der Waals surface area contributed by atoms with Gasteiger partial charge < -0.3 is 10.2 Å². The first-order valence-corrected chi connectivity index (χ1v) is 7.83. The highest BCUT2D eigenvalue weighted by Crippen LogP contribution is 2.30. The van der Waals surface area contributed by atoms with Crippen LogP contribution in [-0.2, 0) is 6.54 Å². The van der Waals surface area contributed by atoms with E-state index in [0.29, 0.717) is 12.1 Å². The van der Waals surface area contributed by atoms with Crippen molar-refractivity contribution in [3.63, 3.8) is 0 Å². The van der Waals surface area contributed by atoms with Crippen molar-refractivity contribution in [3.05, 3.63) is 29.6 Å². The standard InChI is InChI=1S/C17H27FN2/c1-13(2)19-12-14-8-7-11-16(18)17(14)20(3)15-9-5-4-6-10-15/h7-8,11,13,15,19H,4-6,9-10,12H2,1-3H3. The smallest absolute Gasteiger partial charge is 0.146 e. The molecule has 3 heteroatoms. The lowest BCUT2D eigenvalue weighted by Gasteiger charge is -2.34. The zero-order valence-electron chi connectivity index (χ0n) is 13.0. The summed E-state index contributed by atoms with van der Waals surface area (Å²) in [6.45, 7) is 4.95. The van der Waals surface area contributed by atoms with Gasteiger partial charge in [-0.2, -0.15) is 0 Å². The van der Waals surface area contributed by atoms with Crippen LogP contribution in [0.3, 0.4) is 0 Å². The molecule has 0 aliphatic heterocycles. The molecule has 1 aliphatic rings. The van der Waals surface area contributed by atoms with Crippen molar-refractivity contribution in [2.75, 3.05) is 11.9 Å². The first kappa shape index (κ1) is 15.3. The fourth-order valence-corrected chi connectivity index (χ4v) is 3.06. The number of rotatable bonds is 5. The van der Waals surface area contributed by atoms with Gasteiger partial charge in [0.15, 0.2) is 0 Å². The van der Waals surface area contributed by atoms with Crippen molar-refractivity contribution < 1.29 is 4.39 Å². The lowest BCUT2D eigenvalue weighted by molar-refractivity contribution is 0.423. The SMILES string of the molecule is CC(C)NCc1cccc(F)c1N(C)C1CCCCC1. The van der Waals surface area contributed by atoms with E-state index in [2.05, 4.69) is 24.1 Å². The van der Waals surface area contributed by atoms with Crippen LogP contribution in [0.4, 0.5) is 10.1 Å². The molecule has 0 heterocycles. The van der Waals surface area contributed by atoms with Crippen LogP contribution in [0.5, 0.6) is 0 Å². The number of anilines is 1. The van der Waals surface area contributed by atoms with Gasteiger partial charge in [0.1, 0.15) is 5.82 Å². The molecule has 1 saturated carbocycles. The Labute approximate surface area is 122 Å². The Kier molecular flexibility index (Phi) is 5.41. The van der Waals surface area contributed by atoms with Gasteiger partial charge in [-0.15, -0.1) is 0 Å². The first-order chi connectivity index (χ1) is 9.59. The molecule has 0 amide bonds. The van der Waals surface area contributed by atoms with E-state index in [1.165, 1.54) is 32.1 Å². The van der Waals surface area contributed by atoms with Gasteiger partial charge in [0.05, 0.1) is 5.69 Å². The molecule has 0 unspecified atom stereocenters. The van der Waals surface area contributed by atoms with Crippen LogP contribution in [0.2, 0.25) is 0 Å². The van der Waals surface area contributed by atoms with Crippen LogP contribution in [-0.4, -0.2) is 19.1 Å². The van der Waals surface area contributed by atoms with Crippen molar-refractivity contribution in [2.45, 2.75) is 64.6 Å². The summed E-state index contributed by atoms with van der Waals surface area (Å²) >= 11 is 0. The molecule has 0 saturated heterocycles. The molecule has 20 heavy (non-hydrogen) atoms. The molecule has 1 aromatic carbocycles. The van der Waals surface area contributed by atoms with E-state index in [-0.39, 0.29) is 5.82 Å². The number of halogens is 1. The summed E-state index contributed by atoms with van der Waals surface area (Å²) in [4.78, 5) is 2.17. The molecule has 1 aliphatic carbocycles. The summed E-state index contributed by atoms with van der Waals surface area (Å²) < 4.78 is 14.3. The highest BCUT2D eigenvalue weighted by atomic mass is 19.1. The number of nitrogens with zero attached hydrogens (tertiary/aromatic N) is 1. The van der Waals surface area contributed by atoms with Crippen LogP contribution in [0.1, 0.15) is 51.5 Å². The largest absolute Gasteiger partial charge is 0.369 e. The maximum atomic E-state index is 14.3. The predicted molar refractivity (Wildman–Crippen MR) is 83.7 cm³/mol. The Bertz CT molecular complexity index is 425. The van der Waals surface area contributed by atoms with Crippen LogP contribution < -0.4 is 10.2 Å². The molecule has 0 radical (unpaired) electrons. The first-order valence-electron chi connectivity index (χ1n) is 7.83. The zero-order valence-corrected chi connectivity index (χ0v) is 13.0. The Morgan fingerprint density at radius 1 is 1.25 bits per heavy atom. The van der Waals surface area contributed by atoms with Gasteiger partial charge in [0.2, 0.25) is 0 Å². The van der Waals surface area contributed by atoms with E-state index in [9.17, 15) is 4.39 Å². The van der Waals surface area contributed by atoms with Gasteiger partial charge >= 0.3 is 0 Å². The van der Waals surface area contributed by atoms with Crippen molar-refractivity contribution in [3.8, 4) is 0 Å². The highest BCUT2D eigenvalue weighted by molar-refractivity contribution is 5.55. The average molecular weight is 278 g/mol. The van der Waals surface area contributed by atoms with E-state index in [1.54, 1.807) is 6.07 Å². The predicted octanol–water partition coefficient (Wildman–Crippen LogP) is 4.09. The van der Waals surface area contributed by atoms with Gasteiger partial charge in [-0.1, -0.05) is 45.2 Å². The molecular weight excluding hydrogens is 251 g/mol. The van der Waals surface area contributed by atoms with Crippen molar-refractivity contribution in [1.82, 2.24) is 5.32 Å². The lowest BCUT2D eigenvalue weighted by Crippen LogP contribution is -2.35. The van der Waals surface area contributed by atoms with Crippen molar-refractivity contribution >= 4 is 5.69 Å². The summed E-state index contributed by atoms with van der Waals surface area (Å²) in [7, 11) is 2.05. The number of hydrogen-bond donors (Lipinski definition) is 1. The molecule has 2 rings (SSSR count). The van der Waals surface area contributed by atoms with Gasteiger partial charge in [-0.05, 0) is 24.5 Å². The number of nitrogens with one attached hydrogen (secondary N) is 1. The Balaban J connectivity index is 2.19. The minimum atomic E-state index is -0.0962. The van der Waals surface area contributed by atoms with Gasteiger partial charge in [-0.25, -0.2) is 4.39 Å². The zero-order chi connectivity index (χ0) is 14.5. The third kappa shape index (κ3) is 3.72. The Hall–Kier alpha value is -1.09. The van der Waals surface area contributed by atoms with E-state index in [1.807, 2.05) is 19.2 Å². The maximum absolute atomic E-state index is 14.3. The second-order valence-corrected chi connectivity index (χ2v) is 6.19. The summed E-state index contributed by atoms with van der Waals surface area (Å²) in [5, 5.41) is 3.39. The second kappa shape index (κ2) is 7.07. The number of para-hydroxylation sites is 1. The van der Waals surface area contributed by atoms with Gasteiger partial charge in [0.25, 0.3) is 0 Å². The fourth-order valence-electron chi connectivity index (χ4n) is 3.06. The van der Waals surface area contributed by atoms with Crippen LogP contribution in [0.15, 0.2) is 18.2 Å². The number of benzene rings is 1. The maximum Gasteiger partial charge on any atom is 0.146 e. The van der Waals surface area contributed by atoms with Crippen molar-refractivity contribution in [1.29, 1.82) is 0 Å². The van der Waals surface area contributed by atoms with Gasteiger partial charge in [0, 0.05) is 25.7 Å². The summed E-state index contributed by atoms with van der Waals surface area (Å²) in [6.07, 6.45) is 6.22. The summed E-state index contributed by atoms with van der Waals surface area (Å²) in [6, 6.07) is 6.32. The van der Waals surface area contributed by atoms with Crippen molar-refractivity contribution in [2.24, 2.45) is 0 Å². The molecule has 112 valence electrons. The second-order valence-electron chi connectivity index (χ2n) is 6.19. The molecule has 0 spiro atoms. The molecule has 2 nitrogen and oxygen atoms in total. The lowest BCUT2D eigenvalue weighted by atomic mass is 9.93. The summed E-state index contributed by atoms with van der Waals surface area (Å²) in [5.41, 5.74) is 1.85. The van der Waals surface area contributed by atoms with Crippen LogP contribution in [0, 0.1) is 5.82 Å². The molecule has 1 N–H and O–H groups in total. The monoisotopic (exact) mass is 278 g/mol. The quantitative estimate of drug-likeness (QED) is 0.872. The van der Waals surface area contributed by atoms with E-state index < -0.39 is 0 Å². The molecule has 0 bridgehead atoms. The van der Waals surface area contributed by atoms with Gasteiger partial charge in [-0.3, -0.25) is 0 Å². The molecule has 1 fully saturated rings. The minimum Gasteiger partial charge on any atom is -0.369 e. The minimum absolute atomic E-state index is 0.0962. The highest BCUT2D eigenvalue weighted by Gasteiger charge is 2.22. The normalized spacial score (nSPS) is 16.6. The third-order valence-electron chi connectivity index (χ3n) is 4.25. The Morgan fingerprint density at radius 3 is 2.60 bits per heavy atom. The van der Waals surface area contributed by atoms with E-state index in [4.69, 9.17) is 0 Å². The molecule has 1 aromatic rings. The average Bonchev–Trinajstić information content (AvgIpc) is 2.45. The molecular formula is C17H27FN2. The van der Waals surface area contributed by atoms with Crippen LogP contribution in [0.25, 0.3) is 0 Å². The molecule has 0 aromatic heterocycles. The van der Waals surface area contributed by atoms with E-state index in [0.717, 1.165) is 17.8 Å². The van der Waals surface area contributed by atoms with Crippen LogP contribution >= 0.6 is 0 Å².